The molecule has 0 rings (SSSR count). The number of carbonyl (C=O) groups is 2. The van der Waals surface area contributed by atoms with Crippen LogP contribution < -0.4 is 0 Å². The first-order valence-electron chi connectivity index (χ1n) is 2.64. The fourth-order valence-corrected chi connectivity index (χ4v) is 0.532. The van der Waals surface area contributed by atoms with Gasteiger partial charge in [-0.05, 0) is 0 Å². The van der Waals surface area contributed by atoms with Gasteiger partial charge in [0.05, 0.1) is 5.03 Å². The average Bonchev–Trinajstić information content (AvgIpc) is 1.84. The maximum absolute atomic E-state index is 12.2. The number of hydrogen-bond acceptors (Lipinski definition) is 2. The van der Waals surface area contributed by atoms with Gasteiger partial charge in [0, 0.05) is 12.2 Å². The van der Waals surface area contributed by atoms with Gasteiger partial charge >= 0.3 is 11.9 Å². The first-order valence-corrected chi connectivity index (χ1v) is 3.02. The zero-order chi connectivity index (χ0) is 9.72. The molecule has 12 heavy (non-hydrogen) atoms. The van der Waals surface area contributed by atoms with Gasteiger partial charge in [0.15, 0.2) is 0 Å². The summed E-state index contributed by atoms with van der Waals surface area (Å²) in [5.41, 5.74) is 0. The van der Waals surface area contributed by atoms with E-state index in [1.807, 2.05) is 0 Å². The molecular formula is C6H4ClFO4. The van der Waals surface area contributed by atoms with E-state index < -0.39 is 22.8 Å². The van der Waals surface area contributed by atoms with Crippen LogP contribution in [0.5, 0.6) is 0 Å². The fraction of sp³-hybridized carbons (Fsp3) is 0. The van der Waals surface area contributed by atoms with Crippen molar-refractivity contribution in [1.29, 1.82) is 0 Å². The Balaban J connectivity index is 4.54. The average molecular weight is 195 g/mol. The normalized spacial score (nSPS) is 12.8. The Morgan fingerprint density at radius 1 is 1.25 bits per heavy atom. The molecule has 0 aromatic heterocycles. The van der Waals surface area contributed by atoms with Gasteiger partial charge < -0.3 is 10.2 Å². The summed E-state index contributed by atoms with van der Waals surface area (Å²) in [6, 6.07) is 0. The van der Waals surface area contributed by atoms with E-state index in [4.69, 9.17) is 21.8 Å². The second-order valence-electron chi connectivity index (χ2n) is 1.66. The molecule has 66 valence electrons. The number of hydrogen-bond donors (Lipinski definition) is 2. The van der Waals surface area contributed by atoms with Crippen molar-refractivity contribution >= 4 is 23.5 Å². The molecule has 0 fully saturated rings. The third-order valence-corrected chi connectivity index (χ3v) is 0.949. The van der Waals surface area contributed by atoms with Crippen molar-refractivity contribution in [2.75, 3.05) is 0 Å². The van der Waals surface area contributed by atoms with Crippen molar-refractivity contribution < 1.29 is 24.2 Å². The zero-order valence-electron chi connectivity index (χ0n) is 5.62. The lowest BCUT2D eigenvalue weighted by molar-refractivity contribution is -0.134. The third kappa shape index (κ3) is 4.45. The SMILES string of the molecule is O=C(O)/C=C(Cl)/C=C(\F)C(=O)O. The lowest BCUT2D eigenvalue weighted by Gasteiger charge is -1.87. The van der Waals surface area contributed by atoms with E-state index >= 15 is 0 Å². The monoisotopic (exact) mass is 194 g/mol. The van der Waals surface area contributed by atoms with Gasteiger partial charge in [-0.15, -0.1) is 0 Å². The smallest absolute Gasteiger partial charge is 0.364 e. The summed E-state index contributed by atoms with van der Waals surface area (Å²) < 4.78 is 12.2. The van der Waals surface area contributed by atoms with E-state index in [1.54, 1.807) is 0 Å². The molecule has 0 bridgehead atoms. The van der Waals surface area contributed by atoms with Crippen LogP contribution >= 0.6 is 11.6 Å². The highest BCUT2D eigenvalue weighted by molar-refractivity contribution is 6.32. The highest BCUT2D eigenvalue weighted by atomic mass is 35.5. The number of rotatable bonds is 3. The molecule has 0 amide bonds. The summed E-state index contributed by atoms with van der Waals surface area (Å²) in [5.74, 6) is -4.70. The van der Waals surface area contributed by atoms with Gasteiger partial charge in [0.2, 0.25) is 5.83 Å². The van der Waals surface area contributed by atoms with Gasteiger partial charge in [-0.1, -0.05) is 11.6 Å². The molecule has 0 unspecified atom stereocenters. The number of allylic oxidation sites excluding steroid dienone is 2. The minimum atomic E-state index is -1.80. The Kier molecular flexibility index (Phi) is 3.99. The van der Waals surface area contributed by atoms with Crippen LogP contribution in [0, 0.1) is 0 Å². The molecule has 0 aliphatic carbocycles. The predicted molar refractivity (Wildman–Crippen MR) is 38.4 cm³/mol. The van der Waals surface area contributed by atoms with E-state index in [1.165, 1.54) is 0 Å². The lowest BCUT2D eigenvalue weighted by atomic mass is 10.4. The van der Waals surface area contributed by atoms with E-state index in [9.17, 15) is 14.0 Å². The standard InChI is InChI=1S/C6H4ClFO4/c7-3(2-5(9)10)1-4(8)6(11)12/h1-2H,(H,9,10)(H,11,12)/b3-2-,4-1-. The Morgan fingerprint density at radius 3 is 2.08 bits per heavy atom. The Labute approximate surface area is 71.6 Å². The van der Waals surface area contributed by atoms with Crippen LogP contribution in [-0.2, 0) is 9.59 Å². The molecule has 0 aliphatic heterocycles. The molecule has 0 spiro atoms. The zero-order valence-corrected chi connectivity index (χ0v) is 6.38. The second-order valence-corrected chi connectivity index (χ2v) is 2.10. The number of halogens is 2. The molecule has 4 nitrogen and oxygen atoms in total. The molecule has 0 saturated heterocycles. The largest absolute Gasteiger partial charge is 0.478 e. The van der Waals surface area contributed by atoms with Gasteiger partial charge in [0.25, 0.3) is 0 Å². The van der Waals surface area contributed by atoms with E-state index in [0.717, 1.165) is 0 Å². The molecular weight excluding hydrogens is 191 g/mol. The van der Waals surface area contributed by atoms with Gasteiger partial charge in [-0.2, -0.15) is 4.39 Å². The molecule has 2 N–H and O–H groups in total. The highest BCUT2D eigenvalue weighted by Crippen LogP contribution is 2.08. The molecule has 0 heterocycles. The summed E-state index contributed by atoms with van der Waals surface area (Å²) in [4.78, 5) is 19.7. The van der Waals surface area contributed by atoms with Crippen LogP contribution in [-0.4, -0.2) is 22.2 Å². The van der Waals surface area contributed by atoms with E-state index in [2.05, 4.69) is 0 Å². The Hall–Kier alpha value is -1.36. The molecule has 0 aliphatic rings. The second kappa shape index (κ2) is 4.50. The summed E-state index contributed by atoms with van der Waals surface area (Å²) in [7, 11) is 0. The minimum absolute atomic E-state index is 0.401. The first kappa shape index (κ1) is 10.6. The van der Waals surface area contributed by atoms with Crippen molar-refractivity contribution in [1.82, 2.24) is 0 Å². The van der Waals surface area contributed by atoms with E-state index in [0.29, 0.717) is 12.2 Å². The summed E-state index contributed by atoms with van der Waals surface area (Å²) in [6.45, 7) is 0. The maximum atomic E-state index is 12.2. The predicted octanol–water partition coefficient (Wildman–Crippen LogP) is 1.13. The quantitative estimate of drug-likeness (QED) is 0.522. The fourth-order valence-electron chi connectivity index (χ4n) is 0.342. The number of carboxylic acid groups (broad SMARTS) is 2. The van der Waals surface area contributed by atoms with Gasteiger partial charge in [-0.3, -0.25) is 0 Å². The van der Waals surface area contributed by atoms with Crippen molar-refractivity contribution in [2.45, 2.75) is 0 Å². The highest BCUT2D eigenvalue weighted by Gasteiger charge is 2.05. The van der Waals surface area contributed by atoms with Crippen LogP contribution in [0.15, 0.2) is 23.0 Å². The molecule has 6 heteroatoms. The summed E-state index contributed by atoms with van der Waals surface area (Å²) in [6.07, 6.45) is 0.877. The van der Waals surface area contributed by atoms with E-state index in [-0.39, 0.29) is 0 Å². The van der Waals surface area contributed by atoms with Gasteiger partial charge in [-0.25, -0.2) is 9.59 Å². The molecule has 0 radical (unpaired) electrons. The molecule has 0 aromatic rings. The minimum Gasteiger partial charge on any atom is -0.478 e. The van der Waals surface area contributed by atoms with Crippen molar-refractivity contribution in [3.05, 3.63) is 23.0 Å². The van der Waals surface area contributed by atoms with Crippen LogP contribution in [0.25, 0.3) is 0 Å². The van der Waals surface area contributed by atoms with Crippen molar-refractivity contribution in [3.8, 4) is 0 Å². The first-order chi connectivity index (χ1) is 5.43. The maximum Gasteiger partial charge on any atom is 0.364 e. The van der Waals surface area contributed by atoms with Crippen LogP contribution in [0.4, 0.5) is 4.39 Å². The summed E-state index contributed by atoms with van der Waals surface area (Å²) in [5, 5.41) is 15.6. The van der Waals surface area contributed by atoms with Crippen molar-refractivity contribution in [3.63, 3.8) is 0 Å². The number of carboxylic acids is 2. The van der Waals surface area contributed by atoms with Crippen LogP contribution in [0.3, 0.4) is 0 Å². The molecule has 0 saturated carbocycles. The van der Waals surface area contributed by atoms with Gasteiger partial charge in [0.1, 0.15) is 0 Å². The van der Waals surface area contributed by atoms with Crippen LogP contribution in [0.1, 0.15) is 0 Å². The Morgan fingerprint density at radius 2 is 1.75 bits per heavy atom. The summed E-state index contributed by atoms with van der Waals surface area (Å²) >= 11 is 5.12. The Bertz CT molecular complexity index is 269. The van der Waals surface area contributed by atoms with Crippen LogP contribution in [0.2, 0.25) is 0 Å². The van der Waals surface area contributed by atoms with Crippen molar-refractivity contribution in [2.24, 2.45) is 0 Å². The topological polar surface area (TPSA) is 74.6 Å². The molecule has 0 atom stereocenters. The number of aliphatic carboxylic acids is 2. The lowest BCUT2D eigenvalue weighted by Crippen LogP contribution is -1.95. The molecule has 0 aromatic carbocycles. The third-order valence-electron chi connectivity index (χ3n) is 0.730.